The van der Waals surface area contributed by atoms with Crippen LogP contribution in [0.5, 0.6) is 0 Å². The lowest BCUT2D eigenvalue weighted by Gasteiger charge is -2.46. The SMILES string of the molecule is CN1CCS(=O)(=O)[C@@H](C2(NC(=O)N[C@H]3CCCCCCCC[C@@H](C(=O)C(=O)NC4CC4)NC(=O)[C@@H]4[C@@H]5[C@H](CN4C3=O)C5(C)C)CCCCC2)C1. The predicted octanol–water partition coefficient (Wildman–Crippen LogP) is 2.04. The molecule has 3 aliphatic heterocycles. The number of ketones is 1. The maximum Gasteiger partial charge on any atom is 0.315 e. The van der Waals surface area contributed by atoms with Gasteiger partial charge in [0.1, 0.15) is 12.1 Å². The van der Waals surface area contributed by atoms with Gasteiger partial charge in [0.25, 0.3) is 5.91 Å². The molecule has 13 nitrogen and oxygen atoms in total. The number of carbonyl (C=O) groups is 5. The number of fused-ring (bicyclic) bond motifs is 3. The molecule has 14 heteroatoms. The fraction of sp³-hybridized carbons (Fsp3) is 0.861. The molecule has 0 bridgehead atoms. The Morgan fingerprint density at radius 2 is 1.48 bits per heavy atom. The molecule has 0 aromatic heterocycles. The zero-order chi connectivity index (χ0) is 35.8. The van der Waals surface area contributed by atoms with Crippen LogP contribution < -0.4 is 21.3 Å². The van der Waals surface area contributed by atoms with E-state index < -0.39 is 62.4 Å². The second-order valence-corrected chi connectivity index (χ2v) is 19.0. The van der Waals surface area contributed by atoms with Gasteiger partial charge in [-0.25, -0.2) is 13.2 Å². The molecule has 50 heavy (non-hydrogen) atoms. The van der Waals surface area contributed by atoms with Gasteiger partial charge in [-0.1, -0.05) is 71.6 Å². The van der Waals surface area contributed by atoms with Gasteiger partial charge in [0.15, 0.2) is 9.84 Å². The van der Waals surface area contributed by atoms with Crippen molar-refractivity contribution in [2.45, 2.75) is 145 Å². The summed E-state index contributed by atoms with van der Waals surface area (Å²) in [4.78, 5) is 72.2. The van der Waals surface area contributed by atoms with E-state index in [1.807, 2.05) is 11.9 Å². The number of amides is 5. The minimum absolute atomic E-state index is 0.0170. The van der Waals surface area contributed by atoms with E-state index in [1.165, 1.54) is 0 Å². The maximum atomic E-state index is 14.5. The highest BCUT2D eigenvalue weighted by atomic mass is 32.2. The molecule has 6 aliphatic rings. The molecule has 0 aromatic carbocycles. The van der Waals surface area contributed by atoms with Crippen LogP contribution in [0.4, 0.5) is 4.79 Å². The minimum Gasteiger partial charge on any atom is -0.347 e. The van der Waals surface area contributed by atoms with Crippen LogP contribution in [-0.4, -0.2) is 115 Å². The first-order valence-electron chi connectivity index (χ1n) is 19.2. The lowest BCUT2D eigenvalue weighted by molar-refractivity contribution is -0.144. The van der Waals surface area contributed by atoms with Crippen molar-refractivity contribution in [2.24, 2.45) is 17.3 Å². The summed E-state index contributed by atoms with van der Waals surface area (Å²) in [6, 6.07) is -3.22. The fourth-order valence-electron chi connectivity index (χ4n) is 9.41. The summed E-state index contributed by atoms with van der Waals surface area (Å²) in [6.07, 6.45) is 11.1. The highest BCUT2D eigenvalue weighted by Crippen LogP contribution is 2.65. The van der Waals surface area contributed by atoms with E-state index in [9.17, 15) is 32.4 Å². The molecule has 5 amide bonds. The standard InChI is InChI=1S/C36H58N6O7S/c1-35(2)24-21-42-29(28(24)35)31(44)38-25(30(43)32(45)37-23-15-16-23)13-9-6-4-5-7-10-14-26(33(42)46)39-34(47)40-36(17-11-8-12-18-36)27-22-41(3)19-20-50(27,48)49/h23-29H,4-22H2,1-3H3,(H,37,45)(H,38,44)(H2,39,40,47)/t24-,25-,26-,27+,28-,29-/m0/s1. The highest BCUT2D eigenvalue weighted by molar-refractivity contribution is 7.92. The molecule has 6 fully saturated rings. The normalized spacial score (nSPS) is 34.5. The third-order valence-corrected chi connectivity index (χ3v) is 15.0. The van der Waals surface area contributed by atoms with E-state index in [0.717, 1.165) is 57.8 Å². The Bertz CT molecular complexity index is 1440. The van der Waals surface area contributed by atoms with Gasteiger partial charge in [-0.05, 0) is 62.8 Å². The van der Waals surface area contributed by atoms with Crippen LogP contribution in [-0.2, 0) is 29.0 Å². The van der Waals surface area contributed by atoms with Crippen molar-refractivity contribution in [3.05, 3.63) is 0 Å². The van der Waals surface area contributed by atoms with Gasteiger partial charge in [-0.2, -0.15) is 0 Å². The molecule has 0 spiro atoms. The molecule has 0 radical (unpaired) electrons. The fourth-order valence-corrected chi connectivity index (χ4v) is 11.7. The number of carbonyl (C=O) groups excluding carboxylic acids is 5. The summed E-state index contributed by atoms with van der Waals surface area (Å²) in [5.74, 6) is -2.03. The third-order valence-electron chi connectivity index (χ3n) is 12.8. The average Bonchev–Trinajstić information content (AvgIpc) is 3.92. The molecular weight excluding hydrogens is 660 g/mol. The van der Waals surface area contributed by atoms with Crippen LogP contribution >= 0.6 is 0 Å². The number of nitrogens with one attached hydrogen (secondary N) is 4. The van der Waals surface area contributed by atoms with Crippen molar-refractivity contribution < 1.29 is 32.4 Å². The summed E-state index contributed by atoms with van der Waals surface area (Å²) in [6.45, 7) is 5.35. The zero-order valence-corrected chi connectivity index (χ0v) is 31.0. The summed E-state index contributed by atoms with van der Waals surface area (Å²) in [5, 5.41) is 11.0. The number of hydrogen-bond acceptors (Lipinski definition) is 8. The lowest BCUT2D eigenvalue weighted by atomic mass is 9.78. The van der Waals surface area contributed by atoms with Crippen molar-refractivity contribution in [3.8, 4) is 0 Å². The van der Waals surface area contributed by atoms with Crippen LogP contribution in [0.15, 0.2) is 0 Å². The lowest BCUT2D eigenvalue weighted by Crippen LogP contribution is -2.67. The number of rotatable bonds is 6. The van der Waals surface area contributed by atoms with Crippen LogP contribution in [0.25, 0.3) is 0 Å². The minimum atomic E-state index is -3.44. The Kier molecular flexibility index (Phi) is 10.9. The maximum absolute atomic E-state index is 14.5. The number of sulfone groups is 1. The third kappa shape index (κ3) is 7.85. The summed E-state index contributed by atoms with van der Waals surface area (Å²) >= 11 is 0. The van der Waals surface area contributed by atoms with E-state index >= 15 is 0 Å². The molecule has 3 saturated carbocycles. The van der Waals surface area contributed by atoms with Crippen molar-refractivity contribution in [1.82, 2.24) is 31.1 Å². The van der Waals surface area contributed by atoms with Gasteiger partial charge < -0.3 is 31.1 Å². The second kappa shape index (κ2) is 14.7. The Balaban J connectivity index is 1.22. The van der Waals surface area contributed by atoms with Crippen molar-refractivity contribution >= 4 is 39.4 Å². The first-order valence-corrected chi connectivity index (χ1v) is 20.9. The molecule has 3 saturated heterocycles. The van der Waals surface area contributed by atoms with Crippen LogP contribution in [0.1, 0.15) is 110 Å². The number of piperidine rings is 1. The smallest absolute Gasteiger partial charge is 0.315 e. The summed E-state index contributed by atoms with van der Waals surface area (Å²) in [5.41, 5.74) is -1.09. The molecule has 0 unspecified atom stereocenters. The van der Waals surface area contributed by atoms with Crippen LogP contribution in [0.3, 0.4) is 0 Å². The summed E-state index contributed by atoms with van der Waals surface area (Å²) < 4.78 is 26.8. The van der Waals surface area contributed by atoms with Crippen molar-refractivity contribution in [2.75, 3.05) is 32.4 Å². The Labute approximate surface area is 297 Å². The van der Waals surface area contributed by atoms with Gasteiger partial charge in [0.05, 0.1) is 22.6 Å². The first kappa shape index (κ1) is 37.0. The quantitative estimate of drug-likeness (QED) is 0.302. The van der Waals surface area contributed by atoms with Gasteiger partial charge in [-0.3, -0.25) is 19.2 Å². The largest absolute Gasteiger partial charge is 0.347 e. The molecule has 280 valence electrons. The van der Waals surface area contributed by atoms with E-state index in [0.29, 0.717) is 58.2 Å². The molecule has 0 aromatic rings. The molecule has 6 rings (SSSR count). The Morgan fingerprint density at radius 1 is 0.840 bits per heavy atom. The molecule has 3 heterocycles. The number of Topliss-reactive ketones (excluding diaryl/α,β-unsaturated/α-hetero) is 1. The number of hydrogen-bond donors (Lipinski definition) is 4. The average molecular weight is 719 g/mol. The topological polar surface area (TPSA) is 174 Å². The molecule has 4 N–H and O–H groups in total. The second-order valence-electron chi connectivity index (χ2n) is 16.7. The van der Waals surface area contributed by atoms with E-state index in [-0.39, 0.29) is 35.0 Å². The monoisotopic (exact) mass is 718 g/mol. The van der Waals surface area contributed by atoms with Crippen LogP contribution in [0, 0.1) is 17.3 Å². The molecule has 3 aliphatic carbocycles. The Morgan fingerprint density at radius 3 is 2.16 bits per heavy atom. The predicted molar refractivity (Wildman–Crippen MR) is 188 cm³/mol. The molecular formula is C36H58N6O7S. The van der Waals surface area contributed by atoms with Gasteiger partial charge in [-0.15, -0.1) is 0 Å². The van der Waals surface area contributed by atoms with Crippen LogP contribution in [0.2, 0.25) is 0 Å². The van der Waals surface area contributed by atoms with E-state index in [2.05, 4.69) is 35.1 Å². The van der Waals surface area contributed by atoms with Gasteiger partial charge in [0, 0.05) is 25.7 Å². The van der Waals surface area contributed by atoms with E-state index in [1.54, 1.807) is 4.90 Å². The van der Waals surface area contributed by atoms with Crippen molar-refractivity contribution in [3.63, 3.8) is 0 Å². The van der Waals surface area contributed by atoms with Crippen molar-refractivity contribution in [1.29, 1.82) is 0 Å². The zero-order valence-electron chi connectivity index (χ0n) is 30.1. The number of nitrogens with zero attached hydrogens (tertiary/aromatic N) is 2. The van der Waals surface area contributed by atoms with Gasteiger partial charge >= 0.3 is 6.03 Å². The van der Waals surface area contributed by atoms with Gasteiger partial charge in [0.2, 0.25) is 17.6 Å². The first-order chi connectivity index (χ1) is 23.7. The number of urea groups is 1. The Hall–Kier alpha value is -2.74. The summed E-state index contributed by atoms with van der Waals surface area (Å²) in [7, 11) is -1.54. The molecule has 6 atom stereocenters. The highest BCUT2D eigenvalue weighted by Gasteiger charge is 2.69. The van der Waals surface area contributed by atoms with E-state index in [4.69, 9.17) is 0 Å².